The van der Waals surface area contributed by atoms with E-state index in [0.29, 0.717) is 12.3 Å². The monoisotopic (exact) mass is 242 g/mol. The highest BCUT2D eigenvalue weighted by Gasteiger charge is 2.20. The fraction of sp³-hybridized carbons (Fsp3) is 0.929. The van der Waals surface area contributed by atoms with Gasteiger partial charge in [0.2, 0.25) is 5.91 Å². The molecule has 3 heteroatoms. The molecule has 3 nitrogen and oxygen atoms in total. The molecule has 0 bridgehead atoms. The minimum absolute atomic E-state index is 0.0830. The Morgan fingerprint density at radius 1 is 1.06 bits per heavy atom. The molecule has 0 N–H and O–H groups in total. The molecule has 0 rings (SSSR count). The van der Waals surface area contributed by atoms with Crippen LogP contribution >= 0.6 is 0 Å². The van der Waals surface area contributed by atoms with Gasteiger partial charge in [0.15, 0.2) is 0 Å². The van der Waals surface area contributed by atoms with Gasteiger partial charge < -0.3 is 9.80 Å². The minimum atomic E-state index is 0.0830. The van der Waals surface area contributed by atoms with Gasteiger partial charge >= 0.3 is 0 Å². The van der Waals surface area contributed by atoms with Crippen LogP contribution in [0.4, 0.5) is 0 Å². The van der Waals surface area contributed by atoms with Gasteiger partial charge in [0.05, 0.1) is 0 Å². The second-order valence-corrected chi connectivity index (χ2v) is 6.28. The Bertz CT molecular complexity index is 219. The topological polar surface area (TPSA) is 23.6 Å². The first kappa shape index (κ1) is 16.4. The number of unbranched alkanes of at least 4 members (excludes halogenated alkanes) is 1. The summed E-state index contributed by atoms with van der Waals surface area (Å²) in [6, 6.07) is 0. The zero-order chi connectivity index (χ0) is 13.5. The van der Waals surface area contributed by atoms with E-state index in [9.17, 15) is 4.79 Å². The summed E-state index contributed by atoms with van der Waals surface area (Å²) in [6.07, 6.45) is 2.88. The molecule has 0 spiro atoms. The normalized spacial score (nSPS) is 11.9. The Morgan fingerprint density at radius 3 is 2.06 bits per heavy atom. The van der Waals surface area contributed by atoms with E-state index in [1.165, 1.54) is 0 Å². The Kier molecular flexibility index (Phi) is 7.44. The summed E-state index contributed by atoms with van der Waals surface area (Å²) in [6.45, 7) is 11.2. The lowest BCUT2D eigenvalue weighted by molar-refractivity contribution is -0.133. The van der Waals surface area contributed by atoms with Crippen molar-refractivity contribution in [3.8, 4) is 0 Å². The number of hydrogen-bond acceptors (Lipinski definition) is 2. The van der Waals surface area contributed by atoms with Crippen LogP contribution in [-0.4, -0.2) is 49.4 Å². The van der Waals surface area contributed by atoms with Crippen molar-refractivity contribution in [1.29, 1.82) is 0 Å². The molecular formula is C14H30N2O. The van der Waals surface area contributed by atoms with E-state index in [0.717, 1.165) is 32.5 Å². The van der Waals surface area contributed by atoms with E-state index in [1.54, 1.807) is 0 Å². The predicted octanol–water partition coefficient (Wildman–Crippen LogP) is 2.61. The first-order valence-corrected chi connectivity index (χ1v) is 6.69. The highest BCUT2D eigenvalue weighted by atomic mass is 16.2. The van der Waals surface area contributed by atoms with Gasteiger partial charge in [-0.15, -0.1) is 0 Å². The first-order valence-electron chi connectivity index (χ1n) is 6.69. The average Bonchev–Trinajstić information content (AvgIpc) is 2.14. The molecule has 1 amide bonds. The maximum absolute atomic E-state index is 12.2. The van der Waals surface area contributed by atoms with Gasteiger partial charge in [0.25, 0.3) is 0 Å². The third kappa shape index (κ3) is 9.16. The molecule has 0 aromatic carbocycles. The van der Waals surface area contributed by atoms with Crippen molar-refractivity contribution in [3.63, 3.8) is 0 Å². The van der Waals surface area contributed by atoms with Gasteiger partial charge in [-0.25, -0.2) is 0 Å². The van der Waals surface area contributed by atoms with Crippen LogP contribution in [0.25, 0.3) is 0 Å². The highest BCUT2D eigenvalue weighted by molar-refractivity contribution is 5.76. The predicted molar refractivity (Wildman–Crippen MR) is 74.1 cm³/mol. The fourth-order valence-corrected chi connectivity index (χ4v) is 1.60. The number of amides is 1. The molecule has 0 saturated heterocycles. The van der Waals surface area contributed by atoms with Crippen LogP contribution in [0.5, 0.6) is 0 Å². The van der Waals surface area contributed by atoms with Gasteiger partial charge in [0.1, 0.15) is 0 Å². The van der Waals surface area contributed by atoms with Gasteiger partial charge in [0, 0.05) is 26.1 Å². The van der Waals surface area contributed by atoms with Gasteiger partial charge in [-0.2, -0.15) is 0 Å². The van der Waals surface area contributed by atoms with Gasteiger partial charge in [-0.3, -0.25) is 4.79 Å². The summed E-state index contributed by atoms with van der Waals surface area (Å²) < 4.78 is 0. The number of rotatable bonds is 7. The second-order valence-electron chi connectivity index (χ2n) is 6.28. The average molecular weight is 242 g/mol. The van der Waals surface area contributed by atoms with Crippen LogP contribution in [-0.2, 0) is 4.79 Å². The zero-order valence-corrected chi connectivity index (χ0v) is 12.5. The smallest absolute Gasteiger partial charge is 0.223 e. The standard InChI is InChI=1S/C14H30N2O/c1-7-8-9-16(11-10-15(5)6)13(17)12-14(2,3)4/h7-12H2,1-6H3. The lowest BCUT2D eigenvalue weighted by Crippen LogP contribution is -2.38. The van der Waals surface area contributed by atoms with Crippen LogP contribution in [0.2, 0.25) is 0 Å². The molecule has 0 saturated carbocycles. The van der Waals surface area contributed by atoms with Crippen molar-refractivity contribution in [3.05, 3.63) is 0 Å². The number of carbonyl (C=O) groups excluding carboxylic acids is 1. The summed E-state index contributed by atoms with van der Waals surface area (Å²) in [5.41, 5.74) is 0.0830. The third-order valence-corrected chi connectivity index (χ3v) is 2.63. The number of carbonyl (C=O) groups is 1. The Hall–Kier alpha value is -0.570. The molecule has 0 aliphatic rings. The lowest BCUT2D eigenvalue weighted by atomic mass is 9.91. The van der Waals surface area contributed by atoms with E-state index in [-0.39, 0.29) is 5.41 Å². The second kappa shape index (κ2) is 7.70. The van der Waals surface area contributed by atoms with Crippen molar-refractivity contribution in [1.82, 2.24) is 9.80 Å². The molecule has 0 aromatic rings. The van der Waals surface area contributed by atoms with Crippen LogP contribution in [0.3, 0.4) is 0 Å². The summed E-state index contributed by atoms with van der Waals surface area (Å²) in [7, 11) is 4.10. The third-order valence-electron chi connectivity index (χ3n) is 2.63. The summed E-state index contributed by atoms with van der Waals surface area (Å²) in [5, 5.41) is 0. The maximum atomic E-state index is 12.2. The molecular weight excluding hydrogens is 212 g/mol. The van der Waals surface area contributed by atoms with E-state index < -0.39 is 0 Å². The molecule has 0 aromatic heterocycles. The van der Waals surface area contributed by atoms with E-state index in [2.05, 4.69) is 32.6 Å². The SMILES string of the molecule is CCCCN(CCN(C)C)C(=O)CC(C)(C)C. The lowest BCUT2D eigenvalue weighted by Gasteiger charge is -2.27. The first-order chi connectivity index (χ1) is 7.76. The molecule has 17 heavy (non-hydrogen) atoms. The number of hydrogen-bond donors (Lipinski definition) is 0. The zero-order valence-electron chi connectivity index (χ0n) is 12.5. The molecule has 0 aliphatic heterocycles. The summed E-state index contributed by atoms with van der Waals surface area (Å²) in [5.74, 6) is 0.299. The Morgan fingerprint density at radius 2 is 1.65 bits per heavy atom. The molecule has 0 fully saturated rings. The van der Waals surface area contributed by atoms with Crippen molar-refractivity contribution < 1.29 is 4.79 Å². The quantitative estimate of drug-likeness (QED) is 0.685. The van der Waals surface area contributed by atoms with Gasteiger partial charge in [-0.05, 0) is 25.9 Å². The molecule has 0 radical (unpaired) electrons. The Balaban J connectivity index is 4.29. The molecule has 0 atom stereocenters. The number of nitrogens with zero attached hydrogens (tertiary/aromatic N) is 2. The van der Waals surface area contributed by atoms with E-state index in [4.69, 9.17) is 0 Å². The highest BCUT2D eigenvalue weighted by Crippen LogP contribution is 2.19. The van der Waals surface area contributed by atoms with E-state index in [1.807, 2.05) is 19.0 Å². The molecule has 0 heterocycles. The fourth-order valence-electron chi connectivity index (χ4n) is 1.60. The molecule has 102 valence electrons. The van der Waals surface area contributed by atoms with Crippen LogP contribution in [0.15, 0.2) is 0 Å². The summed E-state index contributed by atoms with van der Waals surface area (Å²) in [4.78, 5) is 16.3. The molecule has 0 unspecified atom stereocenters. The van der Waals surface area contributed by atoms with Crippen molar-refractivity contribution in [2.45, 2.75) is 47.0 Å². The molecule has 0 aliphatic carbocycles. The van der Waals surface area contributed by atoms with Crippen LogP contribution < -0.4 is 0 Å². The van der Waals surface area contributed by atoms with Crippen molar-refractivity contribution >= 4 is 5.91 Å². The van der Waals surface area contributed by atoms with E-state index >= 15 is 0 Å². The number of likely N-dealkylation sites (N-methyl/N-ethyl adjacent to an activating group) is 1. The van der Waals surface area contributed by atoms with Crippen LogP contribution in [0.1, 0.15) is 47.0 Å². The summed E-state index contributed by atoms with van der Waals surface area (Å²) >= 11 is 0. The minimum Gasteiger partial charge on any atom is -0.341 e. The maximum Gasteiger partial charge on any atom is 0.223 e. The van der Waals surface area contributed by atoms with Crippen molar-refractivity contribution in [2.75, 3.05) is 33.7 Å². The Labute approximate surface area is 107 Å². The van der Waals surface area contributed by atoms with Crippen LogP contribution in [0, 0.1) is 5.41 Å². The van der Waals surface area contributed by atoms with Gasteiger partial charge in [-0.1, -0.05) is 34.1 Å². The van der Waals surface area contributed by atoms with Crippen molar-refractivity contribution in [2.24, 2.45) is 5.41 Å². The largest absolute Gasteiger partial charge is 0.341 e.